The molecule has 3 rings (SSSR count). The molecule has 1 heterocycles. The second-order valence-corrected chi connectivity index (χ2v) is 6.60. The smallest absolute Gasteiger partial charge is 0.253 e. The van der Waals surface area contributed by atoms with Crippen molar-refractivity contribution in [2.75, 3.05) is 13.1 Å². The molecule has 1 amide bonds. The summed E-state index contributed by atoms with van der Waals surface area (Å²) in [6, 6.07) is 6.90. The number of hydrogen-bond acceptors (Lipinski definition) is 2. The molecule has 4 heteroatoms. The van der Waals surface area contributed by atoms with Crippen molar-refractivity contribution in [3.05, 3.63) is 35.6 Å². The average Bonchev–Trinajstić information content (AvgIpc) is 2.56. The van der Waals surface area contributed by atoms with Crippen molar-refractivity contribution < 1.29 is 9.18 Å². The number of carbonyl (C=O) groups excluding carboxylic acids is 1. The summed E-state index contributed by atoms with van der Waals surface area (Å²) in [5, 5.41) is 3.75. The van der Waals surface area contributed by atoms with E-state index in [1.807, 2.05) is 4.90 Å². The topological polar surface area (TPSA) is 32.3 Å². The van der Waals surface area contributed by atoms with Gasteiger partial charge in [-0.2, -0.15) is 0 Å². The molecule has 0 radical (unpaired) electrons. The predicted octanol–water partition coefficient (Wildman–Crippen LogP) is 3.35. The Hall–Kier alpha value is -1.42. The van der Waals surface area contributed by atoms with Crippen LogP contribution in [-0.4, -0.2) is 36.0 Å². The van der Waals surface area contributed by atoms with Crippen molar-refractivity contribution in [1.82, 2.24) is 10.2 Å². The number of piperidine rings is 1. The molecule has 120 valence electrons. The van der Waals surface area contributed by atoms with E-state index >= 15 is 0 Å². The van der Waals surface area contributed by atoms with Gasteiger partial charge in [-0.05, 0) is 49.9 Å². The number of benzene rings is 1. The van der Waals surface area contributed by atoms with Crippen LogP contribution in [0.25, 0.3) is 0 Å². The number of hydrogen-bond donors (Lipinski definition) is 1. The first-order valence-corrected chi connectivity index (χ1v) is 8.53. The molecule has 0 spiro atoms. The van der Waals surface area contributed by atoms with Gasteiger partial charge in [0.15, 0.2) is 0 Å². The molecule has 1 aliphatic heterocycles. The van der Waals surface area contributed by atoms with Gasteiger partial charge >= 0.3 is 0 Å². The van der Waals surface area contributed by atoms with Gasteiger partial charge in [0.05, 0.1) is 0 Å². The lowest BCUT2D eigenvalue weighted by atomic mass is 9.93. The number of nitrogens with one attached hydrogen (secondary N) is 1. The highest BCUT2D eigenvalue weighted by atomic mass is 19.1. The molecule has 1 aromatic carbocycles. The van der Waals surface area contributed by atoms with E-state index in [-0.39, 0.29) is 11.7 Å². The van der Waals surface area contributed by atoms with Gasteiger partial charge < -0.3 is 10.2 Å². The first kappa shape index (κ1) is 15.5. The minimum absolute atomic E-state index is 0.0233. The van der Waals surface area contributed by atoms with Gasteiger partial charge in [-0.3, -0.25) is 4.79 Å². The molecule has 1 aliphatic carbocycles. The number of carbonyl (C=O) groups is 1. The second-order valence-electron chi connectivity index (χ2n) is 6.60. The molecular weight excluding hydrogens is 279 g/mol. The maximum absolute atomic E-state index is 13.0. The summed E-state index contributed by atoms with van der Waals surface area (Å²) in [5.74, 6) is -0.276. The third-order valence-electron chi connectivity index (χ3n) is 4.88. The molecule has 0 aromatic heterocycles. The van der Waals surface area contributed by atoms with E-state index in [1.165, 1.54) is 44.2 Å². The SMILES string of the molecule is O=C(c1ccc(F)cc1)N1CCCC(NC2CCCCC2)C1. The zero-order chi connectivity index (χ0) is 15.4. The van der Waals surface area contributed by atoms with Crippen molar-refractivity contribution in [2.45, 2.75) is 57.0 Å². The molecule has 2 fully saturated rings. The molecule has 1 N–H and O–H groups in total. The highest BCUT2D eigenvalue weighted by Crippen LogP contribution is 2.20. The summed E-state index contributed by atoms with van der Waals surface area (Å²) >= 11 is 0. The van der Waals surface area contributed by atoms with Gasteiger partial charge in [0.25, 0.3) is 5.91 Å². The van der Waals surface area contributed by atoms with Crippen LogP contribution in [0.1, 0.15) is 55.3 Å². The van der Waals surface area contributed by atoms with Gasteiger partial charge in [0.1, 0.15) is 5.82 Å². The van der Waals surface area contributed by atoms with Crippen LogP contribution in [0, 0.1) is 5.82 Å². The first-order valence-electron chi connectivity index (χ1n) is 8.53. The van der Waals surface area contributed by atoms with Crippen molar-refractivity contribution in [2.24, 2.45) is 0 Å². The summed E-state index contributed by atoms with van der Waals surface area (Å²) in [6.07, 6.45) is 8.72. The fraction of sp³-hybridized carbons (Fsp3) is 0.611. The van der Waals surface area contributed by atoms with Crippen molar-refractivity contribution in [3.8, 4) is 0 Å². The number of rotatable bonds is 3. The number of amides is 1. The highest BCUT2D eigenvalue weighted by molar-refractivity contribution is 5.94. The summed E-state index contributed by atoms with van der Waals surface area (Å²) in [4.78, 5) is 14.4. The maximum atomic E-state index is 13.0. The van der Waals surface area contributed by atoms with E-state index < -0.39 is 0 Å². The van der Waals surface area contributed by atoms with Crippen LogP contribution in [0.2, 0.25) is 0 Å². The van der Waals surface area contributed by atoms with Gasteiger partial charge in [0.2, 0.25) is 0 Å². The van der Waals surface area contributed by atoms with Crippen LogP contribution >= 0.6 is 0 Å². The first-order chi connectivity index (χ1) is 10.7. The Morgan fingerprint density at radius 3 is 2.41 bits per heavy atom. The van der Waals surface area contributed by atoms with E-state index in [9.17, 15) is 9.18 Å². The lowest BCUT2D eigenvalue weighted by molar-refractivity contribution is 0.0686. The Balaban J connectivity index is 1.57. The standard InChI is InChI=1S/C18H25FN2O/c19-15-10-8-14(9-11-15)18(22)21-12-4-7-17(13-21)20-16-5-2-1-3-6-16/h8-11,16-17,20H,1-7,12-13H2. The lowest BCUT2D eigenvalue weighted by Crippen LogP contribution is -2.51. The van der Waals surface area contributed by atoms with Crippen LogP contribution in [0.5, 0.6) is 0 Å². The van der Waals surface area contributed by atoms with E-state index in [4.69, 9.17) is 0 Å². The molecule has 0 bridgehead atoms. The van der Waals surface area contributed by atoms with Gasteiger partial charge in [-0.15, -0.1) is 0 Å². The molecule has 1 atom stereocenters. The third-order valence-corrected chi connectivity index (χ3v) is 4.88. The minimum atomic E-state index is -0.299. The van der Waals surface area contributed by atoms with Crippen LogP contribution in [0.4, 0.5) is 4.39 Å². The molecular formula is C18H25FN2O. The Morgan fingerprint density at radius 1 is 1.00 bits per heavy atom. The van der Waals surface area contributed by atoms with E-state index in [0.29, 0.717) is 17.6 Å². The number of likely N-dealkylation sites (tertiary alicyclic amines) is 1. The highest BCUT2D eigenvalue weighted by Gasteiger charge is 2.26. The molecule has 1 aromatic rings. The third kappa shape index (κ3) is 3.86. The summed E-state index contributed by atoms with van der Waals surface area (Å²) in [7, 11) is 0. The molecule has 3 nitrogen and oxygen atoms in total. The quantitative estimate of drug-likeness (QED) is 0.929. The largest absolute Gasteiger partial charge is 0.337 e. The summed E-state index contributed by atoms with van der Waals surface area (Å²) in [6.45, 7) is 1.58. The lowest BCUT2D eigenvalue weighted by Gasteiger charge is -2.36. The Kier molecular flexibility index (Phi) is 5.08. The van der Waals surface area contributed by atoms with Crippen molar-refractivity contribution >= 4 is 5.91 Å². The van der Waals surface area contributed by atoms with E-state index in [1.54, 1.807) is 12.1 Å². The normalized spacial score (nSPS) is 23.5. The monoisotopic (exact) mass is 304 g/mol. The fourth-order valence-electron chi connectivity index (χ4n) is 3.68. The van der Waals surface area contributed by atoms with Crippen LogP contribution in [0.15, 0.2) is 24.3 Å². The van der Waals surface area contributed by atoms with Crippen molar-refractivity contribution in [3.63, 3.8) is 0 Å². The van der Waals surface area contributed by atoms with E-state index in [2.05, 4.69) is 5.32 Å². The minimum Gasteiger partial charge on any atom is -0.337 e. The zero-order valence-electron chi connectivity index (χ0n) is 13.1. The molecule has 2 aliphatic rings. The predicted molar refractivity (Wildman–Crippen MR) is 85.3 cm³/mol. The van der Waals surface area contributed by atoms with Crippen LogP contribution < -0.4 is 5.32 Å². The Bertz CT molecular complexity index is 496. The van der Waals surface area contributed by atoms with E-state index in [0.717, 1.165) is 25.9 Å². The van der Waals surface area contributed by atoms with Crippen LogP contribution in [0.3, 0.4) is 0 Å². The molecule has 1 saturated carbocycles. The summed E-state index contributed by atoms with van der Waals surface area (Å²) < 4.78 is 13.0. The molecule has 1 saturated heterocycles. The average molecular weight is 304 g/mol. The second kappa shape index (κ2) is 7.23. The molecule has 1 unspecified atom stereocenters. The van der Waals surface area contributed by atoms with Crippen LogP contribution in [-0.2, 0) is 0 Å². The number of halogens is 1. The molecule has 22 heavy (non-hydrogen) atoms. The van der Waals surface area contributed by atoms with Gasteiger partial charge in [-0.25, -0.2) is 4.39 Å². The maximum Gasteiger partial charge on any atom is 0.253 e. The van der Waals surface area contributed by atoms with Gasteiger partial charge in [0, 0.05) is 30.7 Å². The zero-order valence-corrected chi connectivity index (χ0v) is 13.1. The number of nitrogens with zero attached hydrogens (tertiary/aromatic N) is 1. The Morgan fingerprint density at radius 2 is 1.68 bits per heavy atom. The van der Waals surface area contributed by atoms with Crippen molar-refractivity contribution in [1.29, 1.82) is 0 Å². The fourth-order valence-corrected chi connectivity index (χ4v) is 3.68. The van der Waals surface area contributed by atoms with Gasteiger partial charge in [-0.1, -0.05) is 19.3 Å². The summed E-state index contributed by atoms with van der Waals surface area (Å²) in [5.41, 5.74) is 0.583. The Labute approximate surface area is 131 Å².